The molecule has 1 amide bonds. The van der Waals surface area contributed by atoms with Gasteiger partial charge in [-0.15, -0.1) is 0 Å². The quantitative estimate of drug-likeness (QED) is 0.426. The molecule has 34 heavy (non-hydrogen) atoms. The van der Waals surface area contributed by atoms with Crippen molar-refractivity contribution in [3.05, 3.63) is 88.2 Å². The van der Waals surface area contributed by atoms with Gasteiger partial charge >= 0.3 is 0 Å². The number of carbonyl (C=O) groups is 2. The fourth-order valence-electron chi connectivity index (χ4n) is 3.12. The highest BCUT2D eigenvalue weighted by Gasteiger charge is 2.17. The molecule has 0 aliphatic carbocycles. The molecule has 2 heterocycles. The Balaban J connectivity index is 0.000000248. The number of nitrogens with zero attached hydrogens (tertiary/aromatic N) is 4. The number of benzene rings is 2. The van der Waals surface area contributed by atoms with Crippen molar-refractivity contribution < 1.29 is 14.0 Å². The molecular weight excluding hydrogens is 459 g/mol. The van der Waals surface area contributed by atoms with Crippen LogP contribution in [0.3, 0.4) is 0 Å². The Hall–Kier alpha value is -4.29. The van der Waals surface area contributed by atoms with Crippen molar-refractivity contribution in [1.29, 1.82) is 5.26 Å². The maximum Gasteiger partial charge on any atom is 0.272 e. The number of aryl methyl sites for hydroxylation is 1. The summed E-state index contributed by atoms with van der Waals surface area (Å²) in [6.45, 7) is 1.70. The van der Waals surface area contributed by atoms with Gasteiger partial charge in [0.25, 0.3) is 5.91 Å². The monoisotopic (exact) mass is 478 g/mol. The van der Waals surface area contributed by atoms with E-state index in [0.717, 1.165) is 0 Å². The Kier molecular flexibility index (Phi) is 7.56. The van der Waals surface area contributed by atoms with Crippen molar-refractivity contribution in [2.75, 3.05) is 5.73 Å². The summed E-state index contributed by atoms with van der Waals surface area (Å²) in [6, 6.07) is 12.8. The number of rotatable bonds is 4. The van der Waals surface area contributed by atoms with E-state index in [1.807, 2.05) is 6.07 Å². The molecule has 0 saturated carbocycles. The number of amides is 1. The molecule has 4 aromatic rings. The van der Waals surface area contributed by atoms with Crippen LogP contribution in [-0.4, -0.2) is 26.2 Å². The summed E-state index contributed by atoms with van der Waals surface area (Å²) in [6.07, 6.45) is 2.97. The summed E-state index contributed by atoms with van der Waals surface area (Å²) in [5, 5.41) is 11.2. The highest BCUT2D eigenvalue weighted by Crippen LogP contribution is 2.22. The minimum atomic E-state index is -0.501. The molecular formula is C24H20ClFN6O2. The van der Waals surface area contributed by atoms with E-state index in [1.54, 1.807) is 48.1 Å². The summed E-state index contributed by atoms with van der Waals surface area (Å²) >= 11 is 5.72. The van der Waals surface area contributed by atoms with Gasteiger partial charge in [0.2, 0.25) is 0 Å². The summed E-state index contributed by atoms with van der Waals surface area (Å²) in [5.74, 6) is -0.855. The normalized spacial score (nSPS) is 10.2. The van der Waals surface area contributed by atoms with E-state index in [9.17, 15) is 14.0 Å². The SMILES string of the molecule is CC(=O)c1ccc(C#N)cc1.Cn1cc(N)c2ncnc(C(=O)NCc3ccc(F)c(Cl)c3)c21. The second-order valence-corrected chi connectivity index (χ2v) is 7.70. The summed E-state index contributed by atoms with van der Waals surface area (Å²) < 4.78 is 14.8. The zero-order valence-electron chi connectivity index (χ0n) is 18.3. The molecule has 2 aromatic heterocycles. The van der Waals surface area contributed by atoms with Crippen molar-refractivity contribution in [1.82, 2.24) is 19.9 Å². The second-order valence-electron chi connectivity index (χ2n) is 7.29. The van der Waals surface area contributed by atoms with Crippen LogP contribution in [0.5, 0.6) is 0 Å². The lowest BCUT2D eigenvalue weighted by molar-refractivity contribution is 0.0946. The largest absolute Gasteiger partial charge is 0.396 e. The number of nitrogens with two attached hydrogens (primary N) is 1. The number of ketones is 1. The lowest BCUT2D eigenvalue weighted by Gasteiger charge is -2.07. The van der Waals surface area contributed by atoms with Crippen LogP contribution in [-0.2, 0) is 13.6 Å². The van der Waals surface area contributed by atoms with E-state index in [1.165, 1.54) is 25.4 Å². The van der Waals surface area contributed by atoms with Crippen molar-refractivity contribution in [3.63, 3.8) is 0 Å². The van der Waals surface area contributed by atoms with Crippen LogP contribution in [0.1, 0.15) is 38.9 Å². The first-order valence-electron chi connectivity index (χ1n) is 10.00. The predicted octanol–water partition coefficient (Wildman–Crippen LogP) is 4.03. The van der Waals surface area contributed by atoms with Gasteiger partial charge in [-0.05, 0) is 36.8 Å². The average molecular weight is 479 g/mol. The number of nitriles is 1. The Labute approximate surface area is 199 Å². The summed E-state index contributed by atoms with van der Waals surface area (Å²) in [7, 11) is 1.76. The van der Waals surface area contributed by atoms with Crippen LogP contribution < -0.4 is 11.1 Å². The summed E-state index contributed by atoms with van der Waals surface area (Å²) in [5.41, 5.74) is 9.53. The number of carbonyl (C=O) groups excluding carboxylic acids is 2. The lowest BCUT2D eigenvalue weighted by Crippen LogP contribution is -2.24. The Morgan fingerprint density at radius 2 is 1.91 bits per heavy atom. The number of hydrogen-bond acceptors (Lipinski definition) is 6. The molecule has 0 radical (unpaired) electrons. The fraction of sp³-hybridized carbons (Fsp3) is 0.125. The average Bonchev–Trinajstić information content (AvgIpc) is 3.13. The molecule has 2 aromatic carbocycles. The third-order valence-corrected chi connectivity index (χ3v) is 5.14. The minimum absolute atomic E-state index is 0.0105. The number of hydrogen-bond donors (Lipinski definition) is 2. The fourth-order valence-corrected chi connectivity index (χ4v) is 3.32. The number of nitrogen functional groups attached to an aromatic ring is 1. The van der Waals surface area contributed by atoms with Gasteiger partial charge in [0.1, 0.15) is 23.2 Å². The van der Waals surface area contributed by atoms with Gasteiger partial charge < -0.3 is 15.6 Å². The van der Waals surface area contributed by atoms with Crippen LogP contribution in [0.15, 0.2) is 55.0 Å². The third kappa shape index (κ3) is 5.54. The second kappa shape index (κ2) is 10.6. The Morgan fingerprint density at radius 1 is 1.21 bits per heavy atom. The summed E-state index contributed by atoms with van der Waals surface area (Å²) in [4.78, 5) is 31.3. The molecule has 10 heteroatoms. The van der Waals surface area contributed by atoms with E-state index < -0.39 is 5.82 Å². The molecule has 0 aliphatic heterocycles. The van der Waals surface area contributed by atoms with Gasteiger partial charge in [0, 0.05) is 25.4 Å². The number of fused-ring (bicyclic) bond motifs is 1. The van der Waals surface area contributed by atoms with Gasteiger partial charge in [-0.2, -0.15) is 5.26 Å². The Morgan fingerprint density at radius 3 is 2.53 bits per heavy atom. The zero-order valence-corrected chi connectivity index (χ0v) is 19.1. The van der Waals surface area contributed by atoms with Gasteiger partial charge in [0.05, 0.1) is 22.3 Å². The highest BCUT2D eigenvalue weighted by molar-refractivity contribution is 6.30. The molecule has 3 N–H and O–H groups in total. The van der Waals surface area contributed by atoms with Crippen molar-refractivity contribution in [2.45, 2.75) is 13.5 Å². The molecule has 0 fully saturated rings. The maximum absolute atomic E-state index is 13.1. The van der Waals surface area contributed by atoms with Crippen LogP contribution in [0.4, 0.5) is 10.1 Å². The molecule has 0 spiro atoms. The Bertz CT molecular complexity index is 1410. The topological polar surface area (TPSA) is 127 Å². The third-order valence-electron chi connectivity index (χ3n) is 4.85. The number of nitrogens with one attached hydrogen (secondary N) is 1. The standard InChI is InChI=1S/C15H13ClFN5O.C9H7NO/c1-22-6-11(18)12-14(22)13(21-7-20-12)15(23)19-5-8-2-3-10(17)9(16)4-8;1-7(11)9-4-2-8(6-10)3-5-9/h2-4,6-7H,5,18H2,1H3,(H,19,23);2-5H,1H3. The van der Waals surface area contributed by atoms with Crippen molar-refractivity contribution in [2.24, 2.45) is 7.05 Å². The van der Waals surface area contributed by atoms with Crippen molar-refractivity contribution in [3.8, 4) is 6.07 Å². The van der Waals surface area contributed by atoms with E-state index in [0.29, 0.717) is 33.4 Å². The highest BCUT2D eigenvalue weighted by atomic mass is 35.5. The molecule has 0 aliphatic rings. The first-order chi connectivity index (χ1) is 16.2. The van der Waals surface area contributed by atoms with E-state index >= 15 is 0 Å². The van der Waals surface area contributed by atoms with Crippen molar-refractivity contribution >= 4 is 40.0 Å². The number of halogens is 2. The molecule has 4 rings (SSSR count). The first-order valence-corrected chi connectivity index (χ1v) is 10.4. The molecule has 8 nitrogen and oxygen atoms in total. The zero-order chi connectivity index (χ0) is 24.8. The molecule has 0 bridgehead atoms. The van der Waals surface area contributed by atoms with Gasteiger partial charge in [-0.25, -0.2) is 14.4 Å². The van der Waals surface area contributed by atoms with Crippen LogP contribution in [0.25, 0.3) is 11.0 Å². The van der Waals surface area contributed by atoms with Gasteiger partial charge in [-0.1, -0.05) is 29.8 Å². The first kappa shape index (κ1) is 24.4. The van der Waals surface area contributed by atoms with E-state index in [2.05, 4.69) is 15.3 Å². The molecule has 0 saturated heterocycles. The number of aromatic nitrogens is 3. The number of Topliss-reactive ketones (excluding diaryl/α,β-unsaturated/α-hetero) is 1. The number of anilines is 1. The van der Waals surface area contributed by atoms with Gasteiger partial charge in [0.15, 0.2) is 11.5 Å². The van der Waals surface area contributed by atoms with E-state index in [-0.39, 0.29) is 29.0 Å². The van der Waals surface area contributed by atoms with Gasteiger partial charge in [-0.3, -0.25) is 9.59 Å². The minimum Gasteiger partial charge on any atom is -0.396 e. The molecule has 172 valence electrons. The maximum atomic E-state index is 13.1. The predicted molar refractivity (Wildman–Crippen MR) is 127 cm³/mol. The van der Waals surface area contributed by atoms with Crippen LogP contribution in [0, 0.1) is 17.1 Å². The van der Waals surface area contributed by atoms with Crippen LogP contribution in [0.2, 0.25) is 5.02 Å². The van der Waals surface area contributed by atoms with Crippen LogP contribution >= 0.6 is 11.6 Å². The lowest BCUT2D eigenvalue weighted by atomic mass is 10.1. The smallest absolute Gasteiger partial charge is 0.272 e. The molecule has 0 atom stereocenters. The molecule has 0 unspecified atom stereocenters. The van der Waals surface area contributed by atoms with E-state index in [4.69, 9.17) is 22.6 Å².